The van der Waals surface area contributed by atoms with Crippen LogP contribution < -0.4 is 16.4 Å². The van der Waals surface area contributed by atoms with Crippen molar-refractivity contribution in [2.45, 2.75) is 26.7 Å². The molecule has 0 rings (SSSR count). The van der Waals surface area contributed by atoms with E-state index in [1.54, 1.807) is 0 Å². The molecule has 1 unspecified atom stereocenters. The molecule has 0 radical (unpaired) electrons. The lowest BCUT2D eigenvalue weighted by atomic mass is 10.0. The van der Waals surface area contributed by atoms with Gasteiger partial charge < -0.3 is 16.4 Å². The SMILES string of the molecule is CCCC(C(=O)NCCNC(C)=O)C(N)=S. The summed E-state index contributed by atoms with van der Waals surface area (Å²) in [5, 5.41) is 5.27. The van der Waals surface area contributed by atoms with E-state index in [0.29, 0.717) is 19.5 Å². The molecular weight excluding hydrogens is 226 g/mol. The van der Waals surface area contributed by atoms with Crippen molar-refractivity contribution in [1.82, 2.24) is 10.6 Å². The molecule has 0 bridgehead atoms. The zero-order valence-electron chi connectivity index (χ0n) is 9.71. The highest BCUT2D eigenvalue weighted by molar-refractivity contribution is 7.80. The highest BCUT2D eigenvalue weighted by Gasteiger charge is 2.19. The van der Waals surface area contributed by atoms with E-state index in [9.17, 15) is 9.59 Å². The Morgan fingerprint density at radius 1 is 1.31 bits per heavy atom. The fraction of sp³-hybridized carbons (Fsp3) is 0.700. The van der Waals surface area contributed by atoms with Crippen molar-refractivity contribution in [2.24, 2.45) is 11.7 Å². The summed E-state index contributed by atoms with van der Waals surface area (Å²) in [6.07, 6.45) is 1.50. The molecule has 0 heterocycles. The van der Waals surface area contributed by atoms with Gasteiger partial charge in [-0.2, -0.15) is 0 Å². The van der Waals surface area contributed by atoms with Gasteiger partial charge in [-0.1, -0.05) is 25.6 Å². The third kappa shape index (κ3) is 6.34. The van der Waals surface area contributed by atoms with Crippen LogP contribution >= 0.6 is 12.2 Å². The van der Waals surface area contributed by atoms with E-state index in [2.05, 4.69) is 10.6 Å². The molecule has 0 aliphatic heterocycles. The number of nitrogens with one attached hydrogen (secondary N) is 2. The molecule has 2 amide bonds. The Hall–Kier alpha value is -1.17. The highest BCUT2D eigenvalue weighted by atomic mass is 32.1. The summed E-state index contributed by atoms with van der Waals surface area (Å²) in [5.74, 6) is -0.689. The third-order valence-electron chi connectivity index (χ3n) is 2.04. The molecular formula is C10H19N3O2S. The van der Waals surface area contributed by atoms with Gasteiger partial charge in [0.25, 0.3) is 0 Å². The van der Waals surface area contributed by atoms with Gasteiger partial charge in [-0.15, -0.1) is 0 Å². The Bertz CT molecular complexity index is 269. The van der Waals surface area contributed by atoms with Gasteiger partial charge in [0.1, 0.15) is 0 Å². The first-order valence-electron chi connectivity index (χ1n) is 5.30. The number of carbonyl (C=O) groups excluding carboxylic acids is 2. The van der Waals surface area contributed by atoms with E-state index in [1.165, 1.54) is 6.92 Å². The van der Waals surface area contributed by atoms with E-state index in [1.807, 2.05) is 6.92 Å². The van der Waals surface area contributed by atoms with Crippen LogP contribution in [0.25, 0.3) is 0 Å². The van der Waals surface area contributed by atoms with Crippen LogP contribution in [-0.4, -0.2) is 29.9 Å². The molecule has 0 fully saturated rings. The Morgan fingerprint density at radius 2 is 1.88 bits per heavy atom. The minimum atomic E-state index is -0.405. The highest BCUT2D eigenvalue weighted by Crippen LogP contribution is 2.06. The first kappa shape index (κ1) is 14.8. The Morgan fingerprint density at radius 3 is 2.31 bits per heavy atom. The molecule has 92 valence electrons. The summed E-state index contributed by atoms with van der Waals surface area (Å²) in [5.41, 5.74) is 5.48. The normalized spacial score (nSPS) is 11.6. The van der Waals surface area contributed by atoms with Crippen molar-refractivity contribution in [2.75, 3.05) is 13.1 Å². The van der Waals surface area contributed by atoms with Crippen molar-refractivity contribution in [3.63, 3.8) is 0 Å². The van der Waals surface area contributed by atoms with Gasteiger partial charge in [0.15, 0.2) is 0 Å². The second-order valence-electron chi connectivity index (χ2n) is 3.52. The molecule has 6 heteroatoms. The second kappa shape index (κ2) is 8.04. The molecule has 5 nitrogen and oxygen atoms in total. The van der Waals surface area contributed by atoms with Crippen LogP contribution in [0.2, 0.25) is 0 Å². The second-order valence-corrected chi connectivity index (χ2v) is 3.99. The fourth-order valence-corrected chi connectivity index (χ4v) is 1.46. The van der Waals surface area contributed by atoms with Gasteiger partial charge in [-0.25, -0.2) is 0 Å². The summed E-state index contributed by atoms with van der Waals surface area (Å²) in [4.78, 5) is 22.4. The number of hydrogen-bond donors (Lipinski definition) is 3. The lowest BCUT2D eigenvalue weighted by Crippen LogP contribution is -2.41. The molecule has 16 heavy (non-hydrogen) atoms. The van der Waals surface area contributed by atoms with Crippen LogP contribution in [0.1, 0.15) is 26.7 Å². The molecule has 0 aliphatic rings. The van der Waals surface area contributed by atoms with E-state index in [-0.39, 0.29) is 16.8 Å². The molecule has 0 aromatic rings. The van der Waals surface area contributed by atoms with Gasteiger partial charge in [-0.3, -0.25) is 9.59 Å². The average molecular weight is 245 g/mol. The summed E-state index contributed by atoms with van der Waals surface area (Å²) >= 11 is 4.83. The van der Waals surface area contributed by atoms with Gasteiger partial charge in [0.05, 0.1) is 10.9 Å². The van der Waals surface area contributed by atoms with Crippen molar-refractivity contribution in [3.8, 4) is 0 Å². The number of carbonyl (C=O) groups is 2. The average Bonchev–Trinajstić information content (AvgIpc) is 2.19. The summed E-state index contributed by atoms with van der Waals surface area (Å²) < 4.78 is 0. The Balaban J connectivity index is 3.92. The Kier molecular flexibility index (Phi) is 7.45. The summed E-state index contributed by atoms with van der Waals surface area (Å²) in [6.45, 7) is 4.20. The van der Waals surface area contributed by atoms with E-state index < -0.39 is 5.92 Å². The topological polar surface area (TPSA) is 84.2 Å². The smallest absolute Gasteiger partial charge is 0.229 e. The number of thiocarbonyl (C=S) groups is 1. The molecule has 4 N–H and O–H groups in total. The quantitative estimate of drug-likeness (QED) is 0.433. The van der Waals surface area contributed by atoms with Crippen molar-refractivity contribution in [1.29, 1.82) is 0 Å². The van der Waals surface area contributed by atoms with Crippen LogP contribution in [0.4, 0.5) is 0 Å². The zero-order valence-corrected chi connectivity index (χ0v) is 10.5. The van der Waals surface area contributed by atoms with Gasteiger partial charge in [0.2, 0.25) is 11.8 Å². The molecule has 0 saturated carbocycles. The predicted octanol–water partition coefficient (Wildman–Crippen LogP) is -0.0589. The first-order valence-corrected chi connectivity index (χ1v) is 5.71. The minimum absolute atomic E-state index is 0.117. The zero-order chi connectivity index (χ0) is 12.6. The van der Waals surface area contributed by atoms with Crippen LogP contribution in [-0.2, 0) is 9.59 Å². The molecule has 0 spiro atoms. The van der Waals surface area contributed by atoms with Crippen LogP contribution in [0, 0.1) is 5.92 Å². The lowest BCUT2D eigenvalue weighted by Gasteiger charge is -2.14. The van der Waals surface area contributed by atoms with E-state index >= 15 is 0 Å². The van der Waals surface area contributed by atoms with Gasteiger partial charge in [-0.05, 0) is 6.42 Å². The fourth-order valence-electron chi connectivity index (χ4n) is 1.24. The maximum absolute atomic E-state index is 11.6. The molecule has 0 saturated heterocycles. The van der Waals surface area contributed by atoms with Crippen molar-refractivity contribution >= 4 is 29.0 Å². The number of nitrogens with two attached hydrogens (primary N) is 1. The van der Waals surface area contributed by atoms with E-state index in [0.717, 1.165) is 6.42 Å². The standard InChI is InChI=1S/C10H19N3O2S/c1-3-4-8(9(11)16)10(15)13-6-5-12-7(2)14/h8H,3-6H2,1-2H3,(H2,11,16)(H,12,14)(H,13,15). The van der Waals surface area contributed by atoms with Gasteiger partial charge >= 0.3 is 0 Å². The maximum atomic E-state index is 11.6. The maximum Gasteiger partial charge on any atom is 0.229 e. The van der Waals surface area contributed by atoms with Crippen LogP contribution in [0.3, 0.4) is 0 Å². The largest absolute Gasteiger partial charge is 0.393 e. The molecule has 0 aliphatic carbocycles. The monoisotopic (exact) mass is 245 g/mol. The Labute approximate surface area is 101 Å². The van der Waals surface area contributed by atoms with Gasteiger partial charge in [0, 0.05) is 20.0 Å². The number of hydrogen-bond acceptors (Lipinski definition) is 3. The third-order valence-corrected chi connectivity index (χ3v) is 2.32. The molecule has 1 atom stereocenters. The minimum Gasteiger partial charge on any atom is -0.393 e. The molecule has 0 aromatic heterocycles. The van der Waals surface area contributed by atoms with Crippen LogP contribution in [0.5, 0.6) is 0 Å². The summed E-state index contributed by atoms with van der Waals surface area (Å²) in [6, 6.07) is 0. The van der Waals surface area contributed by atoms with E-state index in [4.69, 9.17) is 18.0 Å². The summed E-state index contributed by atoms with van der Waals surface area (Å²) in [7, 11) is 0. The van der Waals surface area contributed by atoms with Crippen molar-refractivity contribution in [3.05, 3.63) is 0 Å². The van der Waals surface area contributed by atoms with Crippen LogP contribution in [0.15, 0.2) is 0 Å². The predicted molar refractivity (Wildman–Crippen MR) is 66.9 cm³/mol. The van der Waals surface area contributed by atoms with Crippen molar-refractivity contribution < 1.29 is 9.59 Å². The lowest BCUT2D eigenvalue weighted by molar-refractivity contribution is -0.123. The number of amides is 2. The number of rotatable bonds is 7. The molecule has 0 aromatic carbocycles. The first-order chi connectivity index (χ1) is 7.49.